The van der Waals surface area contributed by atoms with Gasteiger partial charge in [0.2, 0.25) is 0 Å². The third-order valence-corrected chi connectivity index (χ3v) is 4.44. The van der Waals surface area contributed by atoms with E-state index in [1.165, 1.54) is 43.6 Å². The Kier molecular flexibility index (Phi) is 4.96. The van der Waals surface area contributed by atoms with E-state index in [-0.39, 0.29) is 0 Å². The second-order valence-electron chi connectivity index (χ2n) is 6.14. The number of hydrogen-bond donors (Lipinski definition) is 0. The van der Waals surface area contributed by atoms with Gasteiger partial charge < -0.3 is 4.90 Å². The normalized spacial score (nSPS) is 15.6. The molecule has 3 rings (SSSR count). The van der Waals surface area contributed by atoms with Gasteiger partial charge in [0.05, 0.1) is 11.4 Å². The molecule has 1 heterocycles. The number of hydrazone groups is 1. The van der Waals surface area contributed by atoms with Gasteiger partial charge in [-0.2, -0.15) is 5.10 Å². The number of rotatable bonds is 4. The summed E-state index contributed by atoms with van der Waals surface area (Å²) in [6.07, 6.45) is 3.99. The highest BCUT2D eigenvalue weighted by Crippen LogP contribution is 2.21. The predicted molar refractivity (Wildman–Crippen MR) is 99.6 cm³/mol. The summed E-state index contributed by atoms with van der Waals surface area (Å²) in [5, 5.41) is 6.62. The van der Waals surface area contributed by atoms with Gasteiger partial charge in [0.25, 0.3) is 0 Å². The first-order valence-electron chi connectivity index (χ1n) is 8.43. The summed E-state index contributed by atoms with van der Waals surface area (Å²) in [6.45, 7) is 4.43. The highest BCUT2D eigenvalue weighted by atomic mass is 15.4. The zero-order chi connectivity index (χ0) is 16.1. The third-order valence-electron chi connectivity index (χ3n) is 4.44. The molecule has 0 aliphatic carbocycles. The molecule has 0 saturated carbocycles. The highest BCUT2D eigenvalue weighted by Gasteiger charge is 2.11. The maximum absolute atomic E-state index is 4.70. The van der Waals surface area contributed by atoms with Crippen molar-refractivity contribution in [3.63, 3.8) is 0 Å². The zero-order valence-corrected chi connectivity index (χ0v) is 14.1. The topological polar surface area (TPSA) is 18.8 Å². The molecule has 23 heavy (non-hydrogen) atoms. The van der Waals surface area contributed by atoms with E-state index in [1.807, 2.05) is 30.3 Å². The van der Waals surface area contributed by atoms with Gasteiger partial charge in [0, 0.05) is 25.8 Å². The van der Waals surface area contributed by atoms with Crippen LogP contribution in [-0.4, -0.2) is 25.8 Å². The average molecular weight is 307 g/mol. The first-order chi connectivity index (χ1) is 11.2. The van der Waals surface area contributed by atoms with Crippen molar-refractivity contribution < 1.29 is 0 Å². The Morgan fingerprint density at radius 2 is 1.57 bits per heavy atom. The molecule has 1 fully saturated rings. The molecule has 2 aromatic carbocycles. The molecule has 2 aromatic rings. The van der Waals surface area contributed by atoms with Gasteiger partial charge in [-0.1, -0.05) is 30.3 Å². The van der Waals surface area contributed by atoms with Gasteiger partial charge >= 0.3 is 0 Å². The van der Waals surface area contributed by atoms with Crippen LogP contribution in [0.4, 0.5) is 11.4 Å². The Morgan fingerprint density at radius 3 is 2.22 bits per heavy atom. The summed E-state index contributed by atoms with van der Waals surface area (Å²) in [5.74, 6) is 0. The molecule has 0 spiro atoms. The van der Waals surface area contributed by atoms with Crippen molar-refractivity contribution in [3.05, 3.63) is 60.2 Å². The fraction of sp³-hybridized carbons (Fsp3) is 0.350. The van der Waals surface area contributed by atoms with Crippen LogP contribution >= 0.6 is 0 Å². The highest BCUT2D eigenvalue weighted by molar-refractivity contribution is 5.99. The number of para-hydroxylation sites is 1. The van der Waals surface area contributed by atoms with E-state index < -0.39 is 0 Å². The molecule has 3 nitrogen and oxygen atoms in total. The molecule has 0 amide bonds. The number of benzene rings is 2. The third kappa shape index (κ3) is 3.92. The number of anilines is 2. The van der Waals surface area contributed by atoms with E-state index in [1.54, 1.807) is 0 Å². The molecule has 0 aromatic heterocycles. The van der Waals surface area contributed by atoms with Crippen molar-refractivity contribution in [3.8, 4) is 0 Å². The Morgan fingerprint density at radius 1 is 0.913 bits per heavy atom. The number of hydrogen-bond acceptors (Lipinski definition) is 3. The number of nitrogens with zero attached hydrogens (tertiary/aromatic N) is 3. The predicted octanol–water partition coefficient (Wildman–Crippen LogP) is 4.54. The van der Waals surface area contributed by atoms with Crippen LogP contribution in [0.3, 0.4) is 0 Å². The van der Waals surface area contributed by atoms with E-state index in [4.69, 9.17) is 5.10 Å². The maximum Gasteiger partial charge on any atom is 0.0650 e. The van der Waals surface area contributed by atoms with E-state index >= 15 is 0 Å². The molecular formula is C20H25N3. The molecule has 0 unspecified atom stereocenters. The van der Waals surface area contributed by atoms with E-state index in [0.29, 0.717) is 0 Å². The van der Waals surface area contributed by atoms with E-state index in [9.17, 15) is 0 Å². The average Bonchev–Trinajstić information content (AvgIpc) is 2.63. The van der Waals surface area contributed by atoms with Crippen molar-refractivity contribution in [2.45, 2.75) is 26.2 Å². The number of piperidine rings is 1. The minimum atomic E-state index is 1.03. The molecule has 0 bridgehead atoms. The summed E-state index contributed by atoms with van der Waals surface area (Å²) in [7, 11) is 1.99. The van der Waals surface area contributed by atoms with Crippen molar-refractivity contribution in [1.82, 2.24) is 0 Å². The minimum Gasteiger partial charge on any atom is -0.372 e. The van der Waals surface area contributed by atoms with Crippen LogP contribution in [0.5, 0.6) is 0 Å². The lowest BCUT2D eigenvalue weighted by atomic mass is 10.1. The monoisotopic (exact) mass is 307 g/mol. The van der Waals surface area contributed by atoms with Crippen LogP contribution in [0.1, 0.15) is 31.7 Å². The molecule has 1 aliphatic heterocycles. The van der Waals surface area contributed by atoms with Crippen LogP contribution in [0.2, 0.25) is 0 Å². The molecule has 3 heteroatoms. The van der Waals surface area contributed by atoms with Gasteiger partial charge in [0.1, 0.15) is 0 Å². The van der Waals surface area contributed by atoms with Crippen LogP contribution in [0, 0.1) is 0 Å². The van der Waals surface area contributed by atoms with Crippen LogP contribution in [0.15, 0.2) is 59.7 Å². The Labute approximate surface area is 139 Å². The molecule has 0 atom stereocenters. The smallest absolute Gasteiger partial charge is 0.0650 e. The van der Waals surface area contributed by atoms with Gasteiger partial charge in [-0.25, -0.2) is 0 Å². The van der Waals surface area contributed by atoms with Crippen LogP contribution in [0.25, 0.3) is 0 Å². The van der Waals surface area contributed by atoms with Gasteiger partial charge in [-0.3, -0.25) is 5.01 Å². The second kappa shape index (κ2) is 7.32. The molecule has 0 radical (unpaired) electrons. The van der Waals surface area contributed by atoms with Crippen LogP contribution < -0.4 is 9.91 Å². The lowest BCUT2D eigenvalue weighted by molar-refractivity contribution is 0.578. The fourth-order valence-electron chi connectivity index (χ4n) is 3.05. The zero-order valence-electron chi connectivity index (χ0n) is 14.1. The Bertz CT molecular complexity index is 640. The Balaban J connectivity index is 1.72. The molecule has 0 N–H and O–H groups in total. The lowest BCUT2D eigenvalue weighted by Gasteiger charge is -2.28. The van der Waals surface area contributed by atoms with E-state index in [2.05, 4.69) is 48.2 Å². The Hall–Kier alpha value is -2.29. The summed E-state index contributed by atoms with van der Waals surface area (Å²) in [5.41, 5.74) is 4.63. The quantitative estimate of drug-likeness (QED) is 0.610. The van der Waals surface area contributed by atoms with Crippen LogP contribution in [-0.2, 0) is 0 Å². The summed E-state index contributed by atoms with van der Waals surface area (Å²) in [4.78, 5) is 2.48. The molecule has 120 valence electrons. The lowest BCUT2D eigenvalue weighted by Crippen LogP contribution is -2.29. The van der Waals surface area contributed by atoms with Crippen molar-refractivity contribution in [1.29, 1.82) is 0 Å². The SMILES string of the molecule is CC(=NN(C)c1ccccc1)c1ccc(N2CCCCC2)cc1. The molecule has 1 aliphatic rings. The fourth-order valence-corrected chi connectivity index (χ4v) is 3.05. The van der Waals surface area contributed by atoms with Crippen molar-refractivity contribution in [2.75, 3.05) is 30.0 Å². The maximum atomic E-state index is 4.70. The molecular weight excluding hydrogens is 282 g/mol. The first kappa shape index (κ1) is 15.6. The van der Waals surface area contributed by atoms with Gasteiger partial charge in [-0.05, 0) is 56.0 Å². The van der Waals surface area contributed by atoms with Gasteiger partial charge in [-0.15, -0.1) is 0 Å². The van der Waals surface area contributed by atoms with Crippen molar-refractivity contribution >= 4 is 17.1 Å². The second-order valence-corrected chi connectivity index (χ2v) is 6.14. The standard InChI is InChI=1S/C20H25N3/c1-17(21-22(2)19-9-5-3-6-10-19)18-11-13-20(14-12-18)23-15-7-4-8-16-23/h3,5-6,9-14H,4,7-8,15-16H2,1-2H3. The van der Waals surface area contributed by atoms with Gasteiger partial charge in [0.15, 0.2) is 0 Å². The minimum absolute atomic E-state index is 1.03. The summed E-state index contributed by atoms with van der Waals surface area (Å²) < 4.78 is 0. The first-order valence-corrected chi connectivity index (χ1v) is 8.43. The largest absolute Gasteiger partial charge is 0.372 e. The van der Waals surface area contributed by atoms with Crippen molar-refractivity contribution in [2.24, 2.45) is 5.10 Å². The molecule has 1 saturated heterocycles. The summed E-state index contributed by atoms with van der Waals surface area (Å²) in [6, 6.07) is 19.0. The van der Waals surface area contributed by atoms with E-state index in [0.717, 1.165) is 11.4 Å². The summed E-state index contributed by atoms with van der Waals surface area (Å²) >= 11 is 0.